The predicted octanol–water partition coefficient (Wildman–Crippen LogP) is 2.85. The van der Waals surface area contributed by atoms with Gasteiger partial charge >= 0.3 is 0 Å². The van der Waals surface area contributed by atoms with E-state index in [0.717, 1.165) is 17.7 Å². The second kappa shape index (κ2) is 5.71. The summed E-state index contributed by atoms with van der Waals surface area (Å²) in [6.07, 6.45) is 0.0408. The lowest BCUT2D eigenvalue weighted by atomic mass is 10.0. The third kappa shape index (κ3) is 3.23. The maximum Gasteiger partial charge on any atom is 0.167 e. The molecule has 0 aliphatic heterocycles. The average Bonchev–Trinajstić information content (AvgIpc) is 2.43. The Bertz CT molecular complexity index is 594. The van der Waals surface area contributed by atoms with Gasteiger partial charge < -0.3 is 5.73 Å². The number of Topliss-reactive ketones (excluding diaryl/α,β-unsaturated/α-hetero) is 1. The summed E-state index contributed by atoms with van der Waals surface area (Å²) in [6, 6.07) is 10.4. The van der Waals surface area contributed by atoms with Gasteiger partial charge in [0.1, 0.15) is 0 Å². The maximum absolute atomic E-state index is 13.0. The van der Waals surface area contributed by atoms with E-state index in [1.165, 1.54) is 6.07 Å². The zero-order valence-corrected chi connectivity index (χ0v) is 10.2. The molecule has 0 radical (unpaired) electrons. The molecule has 0 saturated carbocycles. The van der Waals surface area contributed by atoms with Crippen molar-refractivity contribution < 1.29 is 13.6 Å². The highest BCUT2D eigenvalue weighted by molar-refractivity contribution is 5.97. The van der Waals surface area contributed by atoms with Gasteiger partial charge in [0, 0.05) is 18.5 Å². The van der Waals surface area contributed by atoms with Gasteiger partial charge in [-0.2, -0.15) is 0 Å². The van der Waals surface area contributed by atoms with Crippen molar-refractivity contribution in [3.05, 3.63) is 70.8 Å². The third-order valence-electron chi connectivity index (χ3n) is 2.86. The second-order valence-corrected chi connectivity index (χ2v) is 4.25. The second-order valence-electron chi connectivity index (χ2n) is 4.25. The minimum Gasteiger partial charge on any atom is -0.326 e. The lowest BCUT2D eigenvalue weighted by Gasteiger charge is -2.03. The summed E-state index contributed by atoms with van der Waals surface area (Å²) in [5, 5.41) is 0. The number of hydrogen-bond donors (Lipinski definition) is 1. The number of carbonyl (C=O) groups excluding carboxylic acids is 1. The summed E-state index contributed by atoms with van der Waals surface area (Å²) in [5.41, 5.74) is 7.38. The van der Waals surface area contributed by atoms with Crippen LogP contribution in [0.5, 0.6) is 0 Å². The molecule has 0 amide bonds. The van der Waals surface area contributed by atoms with Gasteiger partial charge in [-0.25, -0.2) is 8.78 Å². The summed E-state index contributed by atoms with van der Waals surface area (Å²) in [4.78, 5) is 12.0. The molecule has 2 N–H and O–H groups in total. The van der Waals surface area contributed by atoms with Crippen LogP contribution in [0.1, 0.15) is 21.5 Å². The molecule has 2 nitrogen and oxygen atoms in total. The maximum atomic E-state index is 13.0. The molecular weight excluding hydrogens is 248 g/mol. The van der Waals surface area contributed by atoms with Gasteiger partial charge in [0.15, 0.2) is 17.4 Å². The van der Waals surface area contributed by atoms with Gasteiger partial charge in [-0.1, -0.05) is 30.3 Å². The number of carbonyl (C=O) groups is 1. The molecule has 0 spiro atoms. The van der Waals surface area contributed by atoms with Gasteiger partial charge in [0.25, 0.3) is 0 Å². The molecule has 0 aliphatic carbocycles. The van der Waals surface area contributed by atoms with E-state index in [4.69, 9.17) is 5.73 Å². The first-order chi connectivity index (χ1) is 9.10. The van der Waals surface area contributed by atoms with Crippen molar-refractivity contribution in [1.82, 2.24) is 0 Å². The lowest BCUT2D eigenvalue weighted by molar-refractivity contribution is 0.0993. The number of ketones is 1. The Kier molecular flexibility index (Phi) is 4.02. The van der Waals surface area contributed by atoms with Crippen molar-refractivity contribution >= 4 is 5.78 Å². The van der Waals surface area contributed by atoms with E-state index in [9.17, 15) is 13.6 Å². The van der Waals surface area contributed by atoms with E-state index in [1.54, 1.807) is 24.3 Å². The van der Waals surface area contributed by atoms with Crippen molar-refractivity contribution in [2.75, 3.05) is 0 Å². The van der Waals surface area contributed by atoms with E-state index in [-0.39, 0.29) is 12.2 Å². The van der Waals surface area contributed by atoms with E-state index in [2.05, 4.69) is 0 Å². The largest absolute Gasteiger partial charge is 0.326 e. The summed E-state index contributed by atoms with van der Waals surface area (Å²) in [6.45, 7) is 0.414. The highest BCUT2D eigenvalue weighted by Gasteiger charge is 2.09. The number of rotatable bonds is 4. The fraction of sp³-hybridized carbons (Fsp3) is 0.133. The van der Waals surface area contributed by atoms with Crippen molar-refractivity contribution in [1.29, 1.82) is 0 Å². The summed E-state index contributed by atoms with van der Waals surface area (Å²) in [7, 11) is 0. The van der Waals surface area contributed by atoms with Crippen LogP contribution in [-0.2, 0) is 13.0 Å². The normalized spacial score (nSPS) is 10.5. The molecule has 4 heteroatoms. The topological polar surface area (TPSA) is 43.1 Å². The van der Waals surface area contributed by atoms with Crippen LogP contribution in [0.2, 0.25) is 0 Å². The lowest BCUT2D eigenvalue weighted by Crippen LogP contribution is -2.05. The first kappa shape index (κ1) is 13.4. The van der Waals surface area contributed by atoms with Crippen molar-refractivity contribution in [3.63, 3.8) is 0 Å². The van der Waals surface area contributed by atoms with Gasteiger partial charge in [0.05, 0.1) is 0 Å². The Labute approximate surface area is 109 Å². The van der Waals surface area contributed by atoms with Crippen molar-refractivity contribution in [3.8, 4) is 0 Å². The smallest absolute Gasteiger partial charge is 0.167 e. The molecule has 0 aromatic heterocycles. The fourth-order valence-corrected chi connectivity index (χ4v) is 1.76. The van der Waals surface area contributed by atoms with Crippen molar-refractivity contribution in [2.45, 2.75) is 13.0 Å². The molecule has 19 heavy (non-hydrogen) atoms. The highest BCUT2D eigenvalue weighted by atomic mass is 19.2. The highest BCUT2D eigenvalue weighted by Crippen LogP contribution is 2.12. The predicted molar refractivity (Wildman–Crippen MR) is 68.7 cm³/mol. The van der Waals surface area contributed by atoms with Gasteiger partial charge in [-0.15, -0.1) is 0 Å². The van der Waals surface area contributed by atoms with Crippen LogP contribution in [0.25, 0.3) is 0 Å². The Morgan fingerprint density at radius 2 is 1.58 bits per heavy atom. The number of benzene rings is 2. The number of halogens is 2. The summed E-state index contributed by atoms with van der Waals surface area (Å²) >= 11 is 0. The number of hydrogen-bond acceptors (Lipinski definition) is 2. The molecule has 2 aromatic carbocycles. The Balaban J connectivity index is 2.13. The quantitative estimate of drug-likeness (QED) is 0.860. The van der Waals surface area contributed by atoms with E-state index < -0.39 is 11.6 Å². The molecule has 0 fully saturated rings. The summed E-state index contributed by atoms with van der Waals surface area (Å²) in [5.74, 6) is -2.00. The first-order valence-electron chi connectivity index (χ1n) is 5.86. The fourth-order valence-electron chi connectivity index (χ4n) is 1.76. The van der Waals surface area contributed by atoms with Crippen LogP contribution in [0.3, 0.4) is 0 Å². The zero-order valence-electron chi connectivity index (χ0n) is 10.2. The average molecular weight is 261 g/mol. The molecule has 0 heterocycles. The van der Waals surface area contributed by atoms with Crippen LogP contribution in [0.4, 0.5) is 8.78 Å². The molecule has 0 aliphatic rings. The number of nitrogens with two attached hydrogens (primary N) is 1. The monoisotopic (exact) mass is 261 g/mol. The molecule has 2 aromatic rings. The summed E-state index contributed by atoms with van der Waals surface area (Å²) < 4.78 is 25.8. The van der Waals surface area contributed by atoms with Crippen LogP contribution < -0.4 is 5.73 Å². The molecule has 0 atom stereocenters. The van der Waals surface area contributed by atoms with Gasteiger partial charge in [-0.3, -0.25) is 4.79 Å². The van der Waals surface area contributed by atoms with E-state index in [0.29, 0.717) is 17.7 Å². The van der Waals surface area contributed by atoms with Crippen LogP contribution in [0.15, 0.2) is 42.5 Å². The standard InChI is InChI=1S/C15H13F2NO/c16-13-6-3-11(7-14(13)17)8-15(19)12-4-1-10(9-18)2-5-12/h1-7H,8-9,18H2. The first-order valence-corrected chi connectivity index (χ1v) is 5.86. The zero-order chi connectivity index (χ0) is 13.8. The molecule has 0 bridgehead atoms. The van der Waals surface area contributed by atoms with Crippen LogP contribution >= 0.6 is 0 Å². The molecule has 98 valence electrons. The minimum atomic E-state index is -0.941. The van der Waals surface area contributed by atoms with E-state index >= 15 is 0 Å². The molecule has 2 rings (SSSR count). The Hall–Kier alpha value is -2.07. The van der Waals surface area contributed by atoms with Crippen LogP contribution in [0, 0.1) is 11.6 Å². The van der Waals surface area contributed by atoms with E-state index in [1.807, 2.05) is 0 Å². The SMILES string of the molecule is NCc1ccc(C(=O)Cc2ccc(F)c(F)c2)cc1. The molecule has 0 saturated heterocycles. The van der Waals surface area contributed by atoms with Crippen molar-refractivity contribution in [2.24, 2.45) is 5.73 Å². The van der Waals surface area contributed by atoms with Gasteiger partial charge in [-0.05, 0) is 23.3 Å². The Morgan fingerprint density at radius 3 is 2.16 bits per heavy atom. The van der Waals surface area contributed by atoms with Gasteiger partial charge in [0.2, 0.25) is 0 Å². The minimum absolute atomic E-state index is 0.0408. The van der Waals surface area contributed by atoms with Crippen LogP contribution in [-0.4, -0.2) is 5.78 Å². The third-order valence-corrected chi connectivity index (χ3v) is 2.86. The molecule has 0 unspecified atom stereocenters. The Morgan fingerprint density at radius 1 is 0.947 bits per heavy atom. The molecular formula is C15H13F2NO.